The van der Waals surface area contributed by atoms with Crippen molar-refractivity contribution in [2.45, 2.75) is 61.3 Å². The molecule has 0 radical (unpaired) electrons. The lowest BCUT2D eigenvalue weighted by molar-refractivity contribution is 1.10. The van der Waals surface area contributed by atoms with Crippen LogP contribution >= 0.6 is 0 Å². The molecule has 0 heteroatoms. The zero-order valence-corrected chi connectivity index (χ0v) is 19.6. The highest BCUT2D eigenvalue weighted by Gasteiger charge is 2.12. The smallest absolute Gasteiger partial charge is 0.00261 e. The summed E-state index contributed by atoms with van der Waals surface area (Å²) in [7, 11) is 0. The van der Waals surface area contributed by atoms with Gasteiger partial charge in [-0.15, -0.1) is 0 Å². The van der Waals surface area contributed by atoms with E-state index in [0.717, 1.165) is 29.6 Å². The quantitative estimate of drug-likeness (QED) is 0.372. The van der Waals surface area contributed by atoms with Gasteiger partial charge in [0.15, 0.2) is 0 Å². The second kappa shape index (κ2) is 11.4. The Hall–Kier alpha value is -2.60. The molecular formula is C29H38. The lowest BCUT2D eigenvalue weighted by Gasteiger charge is -2.18. The van der Waals surface area contributed by atoms with E-state index in [4.69, 9.17) is 0 Å². The van der Waals surface area contributed by atoms with Crippen LogP contribution in [-0.4, -0.2) is 0 Å². The summed E-state index contributed by atoms with van der Waals surface area (Å²) in [5.41, 5.74) is 11.9. The molecule has 0 saturated carbocycles. The van der Waals surface area contributed by atoms with E-state index in [9.17, 15) is 0 Å². The van der Waals surface area contributed by atoms with E-state index >= 15 is 0 Å². The minimum atomic E-state index is 0.839. The van der Waals surface area contributed by atoms with Gasteiger partial charge in [0, 0.05) is 0 Å². The van der Waals surface area contributed by atoms with Crippen LogP contribution in [0.5, 0.6) is 0 Å². The molecule has 0 aliphatic rings. The molecule has 1 aromatic carbocycles. The van der Waals surface area contributed by atoms with Crippen molar-refractivity contribution < 1.29 is 0 Å². The summed E-state index contributed by atoms with van der Waals surface area (Å²) in [5.74, 6) is 0. The second-order valence-electron chi connectivity index (χ2n) is 7.69. The largest absolute Gasteiger partial charge is 0.0955 e. The molecule has 0 aromatic heterocycles. The van der Waals surface area contributed by atoms with Crippen LogP contribution in [0.25, 0.3) is 5.57 Å². The van der Waals surface area contributed by atoms with Gasteiger partial charge in [0.05, 0.1) is 0 Å². The first-order valence-corrected chi connectivity index (χ1v) is 10.5. The number of allylic oxidation sites excluding steroid dienone is 11. The van der Waals surface area contributed by atoms with Crippen LogP contribution in [0.4, 0.5) is 0 Å². The van der Waals surface area contributed by atoms with E-state index in [1.165, 1.54) is 39.0 Å². The molecule has 0 N–H and O–H groups in total. The number of aryl methyl sites for hydroxylation is 1. The molecule has 0 fully saturated rings. The summed E-state index contributed by atoms with van der Waals surface area (Å²) in [5, 5.41) is 0. The Bertz CT molecular complexity index is 907. The predicted octanol–water partition coefficient (Wildman–Crippen LogP) is 8.88. The fourth-order valence-corrected chi connectivity index (χ4v) is 3.35. The van der Waals surface area contributed by atoms with E-state index < -0.39 is 0 Å². The van der Waals surface area contributed by atoms with Gasteiger partial charge in [0.25, 0.3) is 0 Å². The maximum atomic E-state index is 4.41. The molecule has 0 aliphatic carbocycles. The van der Waals surface area contributed by atoms with E-state index in [1.54, 1.807) is 0 Å². The van der Waals surface area contributed by atoms with Crippen molar-refractivity contribution in [3.8, 4) is 0 Å². The summed E-state index contributed by atoms with van der Waals surface area (Å²) in [4.78, 5) is 0. The molecule has 0 spiro atoms. The number of rotatable bonds is 9. The van der Waals surface area contributed by atoms with Crippen molar-refractivity contribution in [2.24, 2.45) is 0 Å². The first-order valence-electron chi connectivity index (χ1n) is 10.5. The summed E-state index contributed by atoms with van der Waals surface area (Å²) in [6.45, 7) is 27.7. The van der Waals surface area contributed by atoms with Gasteiger partial charge in [-0.3, -0.25) is 0 Å². The fraction of sp³-hybridized carbons (Fsp3) is 0.310. The van der Waals surface area contributed by atoms with E-state index in [0.29, 0.717) is 0 Å². The Balaban J connectivity index is 3.21. The summed E-state index contributed by atoms with van der Waals surface area (Å²) in [6, 6.07) is 6.56. The monoisotopic (exact) mass is 386 g/mol. The molecule has 1 rings (SSSR count). The third-order valence-electron chi connectivity index (χ3n) is 5.55. The van der Waals surface area contributed by atoms with Crippen molar-refractivity contribution in [2.75, 3.05) is 0 Å². The Kier molecular flexibility index (Phi) is 9.62. The Morgan fingerprint density at radius 1 is 0.966 bits per heavy atom. The molecule has 0 atom stereocenters. The molecule has 0 amide bonds. The SMILES string of the molecule is C=C(C(=C/C)/C(C)=C(\C)C(=C)Cc1cc(C(=C)C)ccc1C)C(/C=C\CC)=C/C. The van der Waals surface area contributed by atoms with Crippen molar-refractivity contribution in [3.05, 3.63) is 112 Å². The minimum Gasteiger partial charge on any atom is -0.0955 e. The number of hydrogen-bond donors (Lipinski definition) is 0. The van der Waals surface area contributed by atoms with Gasteiger partial charge >= 0.3 is 0 Å². The van der Waals surface area contributed by atoms with Crippen molar-refractivity contribution in [3.63, 3.8) is 0 Å². The fourth-order valence-electron chi connectivity index (χ4n) is 3.35. The highest BCUT2D eigenvalue weighted by molar-refractivity contribution is 5.63. The lowest BCUT2D eigenvalue weighted by atomic mass is 9.87. The summed E-state index contributed by atoms with van der Waals surface area (Å²) in [6.07, 6.45) is 10.5. The third-order valence-corrected chi connectivity index (χ3v) is 5.55. The van der Waals surface area contributed by atoms with Crippen molar-refractivity contribution >= 4 is 5.57 Å². The first kappa shape index (κ1) is 24.4. The van der Waals surface area contributed by atoms with E-state index in [-0.39, 0.29) is 0 Å². The van der Waals surface area contributed by atoms with Crippen molar-refractivity contribution in [1.29, 1.82) is 0 Å². The van der Waals surface area contributed by atoms with Crippen LogP contribution < -0.4 is 0 Å². The van der Waals surface area contributed by atoms with Gasteiger partial charge in [-0.1, -0.05) is 74.7 Å². The molecule has 0 unspecified atom stereocenters. The Labute approximate surface area is 179 Å². The average molecular weight is 387 g/mol. The molecule has 154 valence electrons. The van der Waals surface area contributed by atoms with Crippen LogP contribution in [0.1, 0.15) is 64.7 Å². The molecule has 29 heavy (non-hydrogen) atoms. The van der Waals surface area contributed by atoms with E-state index in [1.807, 2.05) is 6.92 Å². The molecule has 0 nitrogen and oxygen atoms in total. The average Bonchev–Trinajstić information content (AvgIpc) is 2.69. The van der Waals surface area contributed by atoms with Gasteiger partial charge in [-0.2, -0.15) is 0 Å². The van der Waals surface area contributed by atoms with Gasteiger partial charge in [0.1, 0.15) is 0 Å². The second-order valence-corrected chi connectivity index (χ2v) is 7.69. The maximum Gasteiger partial charge on any atom is -0.00261 e. The molecule has 1 aromatic rings. The molecule has 0 bridgehead atoms. The Morgan fingerprint density at radius 3 is 2.14 bits per heavy atom. The maximum absolute atomic E-state index is 4.41. The van der Waals surface area contributed by atoms with Gasteiger partial charge in [-0.05, 0) is 105 Å². The predicted molar refractivity (Wildman–Crippen MR) is 133 cm³/mol. The van der Waals surface area contributed by atoms with Crippen LogP contribution in [0.15, 0.2) is 95.7 Å². The summed E-state index contributed by atoms with van der Waals surface area (Å²) < 4.78 is 0. The van der Waals surface area contributed by atoms with Crippen LogP contribution in [0.3, 0.4) is 0 Å². The zero-order chi connectivity index (χ0) is 22.1. The van der Waals surface area contributed by atoms with Gasteiger partial charge in [-0.25, -0.2) is 0 Å². The topological polar surface area (TPSA) is 0 Å². The normalized spacial score (nSPS) is 13.5. The van der Waals surface area contributed by atoms with Gasteiger partial charge in [0.2, 0.25) is 0 Å². The molecule has 0 heterocycles. The van der Waals surface area contributed by atoms with E-state index in [2.05, 4.69) is 104 Å². The molecule has 0 saturated heterocycles. The van der Waals surface area contributed by atoms with Crippen LogP contribution in [-0.2, 0) is 6.42 Å². The first-order chi connectivity index (χ1) is 13.7. The van der Waals surface area contributed by atoms with Gasteiger partial charge < -0.3 is 0 Å². The summed E-state index contributed by atoms with van der Waals surface area (Å²) >= 11 is 0. The highest BCUT2D eigenvalue weighted by atomic mass is 14.2. The van der Waals surface area contributed by atoms with Crippen LogP contribution in [0, 0.1) is 6.92 Å². The number of benzene rings is 1. The molecule has 0 aliphatic heterocycles. The van der Waals surface area contributed by atoms with Crippen LogP contribution in [0.2, 0.25) is 0 Å². The molecular weight excluding hydrogens is 348 g/mol. The lowest BCUT2D eigenvalue weighted by Crippen LogP contribution is -2.01. The minimum absolute atomic E-state index is 0.839. The Morgan fingerprint density at radius 2 is 1.62 bits per heavy atom. The number of hydrogen-bond acceptors (Lipinski definition) is 0. The zero-order valence-electron chi connectivity index (χ0n) is 19.6. The van der Waals surface area contributed by atoms with Crippen molar-refractivity contribution in [1.82, 2.24) is 0 Å². The third kappa shape index (κ3) is 6.46. The standard InChI is InChI=1S/C29H38/c1-11-14-15-26(12-2)25(10)29(13-3)24(9)23(8)22(7)18-28-19-27(20(4)5)17-16-21(28)6/h12-17,19H,4,7,10-11,18H2,1-3,5-6,8-9H3/b15-14-,24-23+,26-12+,29-13+. The highest BCUT2D eigenvalue weighted by Crippen LogP contribution is 2.30.